The summed E-state index contributed by atoms with van der Waals surface area (Å²) in [5.74, 6) is 0. The molecule has 2 nitrogen and oxygen atoms in total. The molecule has 18 heavy (non-hydrogen) atoms. The van der Waals surface area contributed by atoms with Crippen LogP contribution in [-0.4, -0.2) is 42.5 Å². The average Bonchev–Trinajstić information content (AvgIpc) is 2.81. The average molecular weight is 287 g/mol. The van der Waals surface area contributed by atoms with Gasteiger partial charge < -0.3 is 4.90 Å². The largest absolute Gasteiger partial charge is 0.302 e. The zero-order valence-electron chi connectivity index (χ0n) is 11.2. The van der Waals surface area contributed by atoms with Crippen molar-refractivity contribution in [3.63, 3.8) is 0 Å². The van der Waals surface area contributed by atoms with Gasteiger partial charge in [-0.1, -0.05) is 24.9 Å². The Morgan fingerprint density at radius 3 is 2.67 bits per heavy atom. The van der Waals surface area contributed by atoms with Crippen molar-refractivity contribution >= 4 is 22.9 Å². The first-order valence-corrected chi connectivity index (χ1v) is 8.16. The van der Waals surface area contributed by atoms with Crippen molar-refractivity contribution in [3.8, 4) is 0 Å². The van der Waals surface area contributed by atoms with E-state index in [0.717, 1.165) is 17.4 Å². The first kappa shape index (κ1) is 14.3. The number of piperidine rings is 1. The van der Waals surface area contributed by atoms with Crippen LogP contribution >= 0.6 is 22.9 Å². The molecule has 0 aliphatic carbocycles. The van der Waals surface area contributed by atoms with Gasteiger partial charge in [0.05, 0.1) is 4.34 Å². The number of likely N-dealkylation sites (tertiary alicyclic amines) is 1. The van der Waals surface area contributed by atoms with Crippen LogP contribution < -0.4 is 0 Å². The number of nitrogens with zero attached hydrogens (tertiary/aromatic N) is 2. The van der Waals surface area contributed by atoms with Crippen LogP contribution in [0.4, 0.5) is 0 Å². The molecule has 0 radical (unpaired) electrons. The van der Waals surface area contributed by atoms with E-state index >= 15 is 0 Å². The first-order chi connectivity index (χ1) is 8.78. The molecule has 2 heterocycles. The molecule has 1 aliphatic heterocycles. The Kier molecular flexibility index (Phi) is 5.96. The van der Waals surface area contributed by atoms with Crippen LogP contribution in [0.2, 0.25) is 4.34 Å². The molecule has 0 atom stereocenters. The molecule has 1 saturated heterocycles. The van der Waals surface area contributed by atoms with Crippen molar-refractivity contribution in [2.75, 3.05) is 32.7 Å². The number of likely N-dealkylation sites (N-methyl/N-ethyl adjacent to an activating group) is 1. The standard InChI is InChI=1S/C14H23ClN2S/c1-2-16(12-13-6-7-14(15)18-13)10-11-17-8-4-3-5-9-17/h6-7H,2-5,8-12H2,1H3. The van der Waals surface area contributed by atoms with E-state index in [1.807, 2.05) is 6.07 Å². The molecule has 0 bridgehead atoms. The minimum atomic E-state index is 0.900. The third-order valence-corrected chi connectivity index (χ3v) is 4.85. The van der Waals surface area contributed by atoms with Gasteiger partial charge in [0.25, 0.3) is 0 Å². The normalized spacial score (nSPS) is 17.5. The van der Waals surface area contributed by atoms with E-state index < -0.39 is 0 Å². The van der Waals surface area contributed by atoms with Crippen LogP contribution in [0.1, 0.15) is 31.1 Å². The Labute approximate surface area is 120 Å². The smallest absolute Gasteiger partial charge is 0.0931 e. The minimum absolute atomic E-state index is 0.900. The summed E-state index contributed by atoms with van der Waals surface area (Å²) in [6, 6.07) is 4.15. The van der Waals surface area contributed by atoms with Gasteiger partial charge in [-0.05, 0) is 44.6 Å². The summed E-state index contributed by atoms with van der Waals surface area (Å²) >= 11 is 7.68. The van der Waals surface area contributed by atoms with Gasteiger partial charge in [-0.25, -0.2) is 0 Å². The molecule has 102 valence electrons. The van der Waals surface area contributed by atoms with Crippen molar-refractivity contribution in [2.24, 2.45) is 0 Å². The van der Waals surface area contributed by atoms with Gasteiger partial charge in [0.2, 0.25) is 0 Å². The zero-order valence-corrected chi connectivity index (χ0v) is 12.8. The molecule has 0 unspecified atom stereocenters. The highest BCUT2D eigenvalue weighted by Gasteiger charge is 2.12. The maximum Gasteiger partial charge on any atom is 0.0931 e. The van der Waals surface area contributed by atoms with E-state index in [1.54, 1.807) is 11.3 Å². The molecule has 0 spiro atoms. The van der Waals surface area contributed by atoms with Crippen LogP contribution in [0, 0.1) is 0 Å². The van der Waals surface area contributed by atoms with Gasteiger partial charge >= 0.3 is 0 Å². The molecule has 0 saturated carbocycles. The second kappa shape index (κ2) is 7.49. The molecule has 1 aliphatic rings. The van der Waals surface area contributed by atoms with Crippen molar-refractivity contribution in [1.82, 2.24) is 9.80 Å². The zero-order chi connectivity index (χ0) is 12.8. The Balaban J connectivity index is 1.74. The summed E-state index contributed by atoms with van der Waals surface area (Å²) in [5.41, 5.74) is 0. The maximum absolute atomic E-state index is 5.98. The van der Waals surface area contributed by atoms with Gasteiger partial charge in [-0.15, -0.1) is 11.3 Å². The predicted molar refractivity (Wildman–Crippen MR) is 80.6 cm³/mol. The van der Waals surface area contributed by atoms with Gasteiger partial charge in [0, 0.05) is 24.5 Å². The predicted octanol–water partition coefficient (Wildman–Crippen LogP) is 3.71. The molecule has 1 fully saturated rings. The van der Waals surface area contributed by atoms with Gasteiger partial charge in [0.15, 0.2) is 0 Å². The second-order valence-corrected chi connectivity index (χ2v) is 6.78. The highest BCUT2D eigenvalue weighted by Crippen LogP contribution is 2.22. The fraction of sp³-hybridized carbons (Fsp3) is 0.714. The van der Waals surface area contributed by atoms with Crippen molar-refractivity contribution in [1.29, 1.82) is 0 Å². The first-order valence-electron chi connectivity index (χ1n) is 6.97. The lowest BCUT2D eigenvalue weighted by Crippen LogP contribution is -2.37. The van der Waals surface area contributed by atoms with E-state index in [0.29, 0.717) is 0 Å². The third kappa shape index (κ3) is 4.54. The van der Waals surface area contributed by atoms with E-state index in [2.05, 4.69) is 22.8 Å². The lowest BCUT2D eigenvalue weighted by molar-refractivity contribution is 0.182. The summed E-state index contributed by atoms with van der Waals surface area (Å²) in [6.45, 7) is 9.38. The Bertz CT molecular complexity index is 347. The van der Waals surface area contributed by atoms with Crippen LogP contribution in [0.5, 0.6) is 0 Å². The van der Waals surface area contributed by atoms with E-state index in [1.165, 1.54) is 50.3 Å². The Morgan fingerprint density at radius 1 is 1.28 bits per heavy atom. The number of rotatable bonds is 6. The quantitative estimate of drug-likeness (QED) is 0.787. The fourth-order valence-electron chi connectivity index (χ4n) is 2.47. The van der Waals surface area contributed by atoms with Gasteiger partial charge in [0.1, 0.15) is 0 Å². The van der Waals surface area contributed by atoms with Gasteiger partial charge in [-0.3, -0.25) is 4.90 Å². The summed E-state index contributed by atoms with van der Waals surface area (Å²) in [7, 11) is 0. The van der Waals surface area contributed by atoms with Crippen molar-refractivity contribution in [2.45, 2.75) is 32.7 Å². The van der Waals surface area contributed by atoms with Crippen LogP contribution in [-0.2, 0) is 6.54 Å². The molecule has 1 aromatic rings. The van der Waals surface area contributed by atoms with Gasteiger partial charge in [-0.2, -0.15) is 0 Å². The number of thiophene rings is 1. The molecule has 1 aromatic heterocycles. The Morgan fingerprint density at radius 2 is 2.06 bits per heavy atom. The number of hydrogen-bond acceptors (Lipinski definition) is 3. The summed E-state index contributed by atoms with van der Waals surface area (Å²) < 4.78 is 0.900. The summed E-state index contributed by atoms with van der Waals surface area (Å²) in [5, 5.41) is 0. The van der Waals surface area contributed by atoms with E-state index in [-0.39, 0.29) is 0 Å². The highest BCUT2D eigenvalue weighted by atomic mass is 35.5. The van der Waals surface area contributed by atoms with E-state index in [4.69, 9.17) is 11.6 Å². The Hall–Kier alpha value is -0.0900. The van der Waals surface area contributed by atoms with Crippen LogP contribution in [0.15, 0.2) is 12.1 Å². The monoisotopic (exact) mass is 286 g/mol. The van der Waals surface area contributed by atoms with Crippen LogP contribution in [0.25, 0.3) is 0 Å². The molecule has 0 aromatic carbocycles. The topological polar surface area (TPSA) is 6.48 Å². The second-order valence-electron chi connectivity index (χ2n) is 4.98. The summed E-state index contributed by atoms with van der Waals surface area (Å²) in [6.07, 6.45) is 4.18. The van der Waals surface area contributed by atoms with Crippen LogP contribution in [0.3, 0.4) is 0 Å². The maximum atomic E-state index is 5.98. The van der Waals surface area contributed by atoms with Crippen molar-refractivity contribution in [3.05, 3.63) is 21.3 Å². The molecule has 2 rings (SSSR count). The molecule has 4 heteroatoms. The highest BCUT2D eigenvalue weighted by molar-refractivity contribution is 7.16. The fourth-order valence-corrected chi connectivity index (χ4v) is 3.60. The minimum Gasteiger partial charge on any atom is -0.302 e. The molecular formula is C14H23ClN2S. The van der Waals surface area contributed by atoms with Crippen molar-refractivity contribution < 1.29 is 0 Å². The SMILES string of the molecule is CCN(CCN1CCCCC1)Cc1ccc(Cl)s1. The summed E-state index contributed by atoms with van der Waals surface area (Å²) in [4.78, 5) is 6.49. The number of halogens is 1. The molecular weight excluding hydrogens is 264 g/mol. The molecule has 0 amide bonds. The number of hydrogen-bond donors (Lipinski definition) is 0. The van der Waals surface area contributed by atoms with E-state index in [9.17, 15) is 0 Å². The third-order valence-electron chi connectivity index (χ3n) is 3.64. The molecule has 0 N–H and O–H groups in total. The lowest BCUT2D eigenvalue weighted by Gasteiger charge is -2.29. The lowest BCUT2D eigenvalue weighted by atomic mass is 10.1.